The second-order valence-corrected chi connectivity index (χ2v) is 10.2. The minimum atomic E-state index is -0.887. The summed E-state index contributed by atoms with van der Waals surface area (Å²) < 4.78 is 11.6. The third-order valence-electron chi connectivity index (χ3n) is 6.45. The number of aliphatic hydroxyl groups is 1. The van der Waals surface area contributed by atoms with E-state index in [4.69, 9.17) is 32.7 Å². The van der Waals surface area contributed by atoms with Crippen molar-refractivity contribution >= 4 is 35.1 Å². The van der Waals surface area contributed by atoms with E-state index in [2.05, 4.69) is 10.2 Å². The van der Waals surface area contributed by atoms with Gasteiger partial charge in [0, 0.05) is 25.7 Å². The summed E-state index contributed by atoms with van der Waals surface area (Å²) in [5, 5.41) is 14.3. The van der Waals surface area contributed by atoms with Crippen molar-refractivity contribution in [3.8, 4) is 11.5 Å². The maximum atomic E-state index is 11.5. The molecule has 0 aliphatic carbocycles. The maximum absolute atomic E-state index is 11.5. The number of nitrogens with one attached hydrogen (secondary N) is 1. The quantitative estimate of drug-likeness (QED) is 0.351. The minimum absolute atomic E-state index is 0.117. The number of ether oxygens (including phenoxy) is 2. The largest absolute Gasteiger partial charge is 0.494 e. The molecule has 0 spiro atoms. The number of likely N-dealkylation sites (tertiary alicyclic amines) is 1. The standard InChI is InChI=1S/C26H31Cl2N3O5/c27-22-8-7-21(15-23(22)28)36-18-26(34)9-1-11-30(13-10-26)16-19-3-5-20(6-4-19)35-14-2-12-31-17-24(32)29-25(31)33/h3-8,15,34H,1-2,9-14,16-18H2,(H,29,32,33)/t26-/m1/s1. The van der Waals surface area contributed by atoms with Crippen LogP contribution in [0.15, 0.2) is 42.5 Å². The SMILES string of the molecule is O=C1CN(CCCOc2ccc(CN3CCC[C@](O)(COc4ccc(Cl)c(Cl)c4)CC3)cc2)C(=O)N1. The van der Waals surface area contributed by atoms with Crippen molar-refractivity contribution in [2.24, 2.45) is 0 Å². The Morgan fingerprint density at radius 2 is 1.75 bits per heavy atom. The number of imide groups is 1. The molecule has 2 heterocycles. The number of hydrogen-bond acceptors (Lipinski definition) is 6. The first-order valence-corrected chi connectivity index (χ1v) is 12.9. The van der Waals surface area contributed by atoms with Crippen molar-refractivity contribution in [2.75, 3.05) is 39.4 Å². The van der Waals surface area contributed by atoms with Crippen LogP contribution in [0, 0.1) is 0 Å². The Bertz CT molecular complexity index is 1070. The summed E-state index contributed by atoms with van der Waals surface area (Å²) in [6, 6.07) is 12.8. The zero-order chi connectivity index (χ0) is 25.5. The normalized spacial score (nSPS) is 20.8. The summed E-state index contributed by atoms with van der Waals surface area (Å²) in [6.45, 7) is 3.74. The molecular formula is C26H31Cl2N3O5. The number of carbonyl (C=O) groups is 2. The van der Waals surface area contributed by atoms with Crippen LogP contribution in [0.3, 0.4) is 0 Å². The summed E-state index contributed by atoms with van der Waals surface area (Å²) in [5.74, 6) is 1.10. The van der Waals surface area contributed by atoms with E-state index < -0.39 is 5.60 Å². The van der Waals surface area contributed by atoms with Gasteiger partial charge in [0.2, 0.25) is 5.91 Å². The molecule has 0 aromatic heterocycles. The van der Waals surface area contributed by atoms with Crippen molar-refractivity contribution in [2.45, 2.75) is 37.8 Å². The molecule has 2 aromatic carbocycles. The van der Waals surface area contributed by atoms with E-state index in [1.165, 1.54) is 10.5 Å². The molecule has 194 valence electrons. The molecule has 2 saturated heterocycles. The molecule has 8 nitrogen and oxygen atoms in total. The van der Waals surface area contributed by atoms with Gasteiger partial charge in [0.15, 0.2) is 0 Å². The predicted octanol–water partition coefficient (Wildman–Crippen LogP) is 4.11. The van der Waals surface area contributed by atoms with Gasteiger partial charge in [0.05, 0.1) is 22.3 Å². The Morgan fingerprint density at radius 3 is 2.47 bits per heavy atom. The average molecular weight is 536 g/mol. The number of halogens is 2. The van der Waals surface area contributed by atoms with Crippen LogP contribution in [0.25, 0.3) is 0 Å². The number of hydrogen-bond donors (Lipinski definition) is 2. The van der Waals surface area contributed by atoms with Gasteiger partial charge in [-0.05, 0) is 62.1 Å². The fraction of sp³-hybridized carbons (Fsp3) is 0.462. The van der Waals surface area contributed by atoms with Crippen molar-refractivity contribution in [3.63, 3.8) is 0 Å². The van der Waals surface area contributed by atoms with E-state index in [0.29, 0.717) is 48.2 Å². The number of amides is 3. The van der Waals surface area contributed by atoms with Crippen LogP contribution in [-0.4, -0.2) is 71.8 Å². The first kappa shape index (κ1) is 26.5. The van der Waals surface area contributed by atoms with Crippen LogP contribution in [-0.2, 0) is 11.3 Å². The molecule has 0 saturated carbocycles. The van der Waals surface area contributed by atoms with E-state index in [1.54, 1.807) is 18.2 Å². The van der Waals surface area contributed by atoms with E-state index in [9.17, 15) is 14.7 Å². The number of rotatable bonds is 10. The molecule has 2 aromatic rings. The van der Waals surface area contributed by atoms with Crippen LogP contribution in [0.2, 0.25) is 10.0 Å². The Labute approximate surface area is 221 Å². The van der Waals surface area contributed by atoms with Crippen LogP contribution in [0.1, 0.15) is 31.2 Å². The van der Waals surface area contributed by atoms with Gasteiger partial charge in [-0.3, -0.25) is 15.0 Å². The Morgan fingerprint density at radius 1 is 0.972 bits per heavy atom. The van der Waals surface area contributed by atoms with E-state index >= 15 is 0 Å². The molecule has 2 N–H and O–H groups in total. The summed E-state index contributed by atoms with van der Waals surface area (Å²) >= 11 is 12.0. The maximum Gasteiger partial charge on any atom is 0.324 e. The molecule has 0 bridgehead atoms. The predicted molar refractivity (Wildman–Crippen MR) is 138 cm³/mol. The number of nitrogens with zero attached hydrogens (tertiary/aromatic N) is 2. The molecule has 0 radical (unpaired) electrons. The Kier molecular flexibility index (Phi) is 8.95. The molecule has 10 heteroatoms. The van der Waals surface area contributed by atoms with Crippen LogP contribution < -0.4 is 14.8 Å². The number of benzene rings is 2. The third kappa shape index (κ3) is 7.49. The lowest BCUT2D eigenvalue weighted by molar-refractivity contribution is -0.118. The van der Waals surface area contributed by atoms with Crippen molar-refractivity contribution in [3.05, 3.63) is 58.1 Å². The summed E-state index contributed by atoms with van der Waals surface area (Å²) in [7, 11) is 0. The Balaban J connectivity index is 1.18. The highest BCUT2D eigenvalue weighted by Crippen LogP contribution is 2.29. The second kappa shape index (κ2) is 12.1. The van der Waals surface area contributed by atoms with Gasteiger partial charge in [0.25, 0.3) is 0 Å². The lowest BCUT2D eigenvalue weighted by Gasteiger charge is -2.27. The van der Waals surface area contributed by atoms with Gasteiger partial charge in [-0.1, -0.05) is 35.3 Å². The van der Waals surface area contributed by atoms with Gasteiger partial charge in [-0.25, -0.2) is 4.79 Å². The smallest absolute Gasteiger partial charge is 0.324 e. The molecule has 4 rings (SSSR count). The molecule has 2 aliphatic heterocycles. The van der Waals surface area contributed by atoms with Gasteiger partial charge in [-0.2, -0.15) is 0 Å². The number of carbonyl (C=O) groups excluding carboxylic acids is 2. The lowest BCUT2D eigenvalue weighted by atomic mass is 9.96. The summed E-state index contributed by atoms with van der Waals surface area (Å²) in [4.78, 5) is 26.6. The summed E-state index contributed by atoms with van der Waals surface area (Å²) in [6.07, 6.45) is 2.82. The molecule has 36 heavy (non-hydrogen) atoms. The molecule has 1 atom stereocenters. The van der Waals surface area contributed by atoms with Crippen LogP contribution >= 0.6 is 23.2 Å². The highest BCUT2D eigenvalue weighted by Gasteiger charge is 2.31. The average Bonchev–Trinajstić information content (AvgIpc) is 3.06. The number of urea groups is 1. The fourth-order valence-electron chi connectivity index (χ4n) is 4.38. The van der Waals surface area contributed by atoms with E-state index in [0.717, 1.165) is 31.8 Å². The minimum Gasteiger partial charge on any atom is -0.494 e. The first-order chi connectivity index (χ1) is 17.3. The lowest BCUT2D eigenvalue weighted by Crippen LogP contribution is -2.37. The highest BCUT2D eigenvalue weighted by molar-refractivity contribution is 6.42. The van der Waals surface area contributed by atoms with Gasteiger partial charge in [0.1, 0.15) is 24.7 Å². The molecule has 2 aliphatic rings. The van der Waals surface area contributed by atoms with Gasteiger partial charge in [-0.15, -0.1) is 0 Å². The zero-order valence-corrected chi connectivity index (χ0v) is 21.6. The Hall–Kier alpha value is -2.52. The van der Waals surface area contributed by atoms with Crippen molar-refractivity contribution in [1.29, 1.82) is 0 Å². The van der Waals surface area contributed by atoms with E-state index in [-0.39, 0.29) is 25.1 Å². The first-order valence-electron chi connectivity index (χ1n) is 12.1. The topological polar surface area (TPSA) is 91.3 Å². The van der Waals surface area contributed by atoms with Gasteiger partial charge >= 0.3 is 6.03 Å². The molecule has 2 fully saturated rings. The fourth-order valence-corrected chi connectivity index (χ4v) is 4.67. The zero-order valence-electron chi connectivity index (χ0n) is 20.1. The third-order valence-corrected chi connectivity index (χ3v) is 7.19. The van der Waals surface area contributed by atoms with Crippen molar-refractivity contribution in [1.82, 2.24) is 15.1 Å². The molecule has 0 unspecified atom stereocenters. The second-order valence-electron chi connectivity index (χ2n) is 9.34. The van der Waals surface area contributed by atoms with E-state index in [1.807, 2.05) is 24.3 Å². The summed E-state index contributed by atoms with van der Waals surface area (Å²) in [5.41, 5.74) is 0.286. The monoisotopic (exact) mass is 535 g/mol. The highest BCUT2D eigenvalue weighted by atomic mass is 35.5. The van der Waals surface area contributed by atoms with Crippen LogP contribution in [0.4, 0.5) is 4.79 Å². The van der Waals surface area contributed by atoms with Crippen LogP contribution in [0.5, 0.6) is 11.5 Å². The molecule has 3 amide bonds. The van der Waals surface area contributed by atoms with Crippen molar-refractivity contribution < 1.29 is 24.2 Å². The van der Waals surface area contributed by atoms with Gasteiger partial charge < -0.3 is 19.5 Å². The molecular weight excluding hydrogens is 505 g/mol.